The number of hydrogen-bond acceptors (Lipinski definition) is 17. The predicted octanol–water partition coefficient (Wildman–Crippen LogP) is 2.97. The molecule has 19 nitrogen and oxygen atoms in total. The normalized spacial score (nSPS) is 27.0. The summed E-state index contributed by atoms with van der Waals surface area (Å²) in [6, 6.07) is 0. The summed E-state index contributed by atoms with van der Waals surface area (Å²) in [4.78, 5) is 75.2. The lowest BCUT2D eigenvalue weighted by atomic mass is 9.96. The number of ether oxygens (including phenoxy) is 10. The van der Waals surface area contributed by atoms with Gasteiger partial charge in [0, 0.05) is 48.0 Å². The Kier molecular flexibility index (Phi) is 19.1. The lowest BCUT2D eigenvalue weighted by Gasteiger charge is -2.49. The van der Waals surface area contributed by atoms with E-state index in [1.807, 2.05) is 34.9 Å². The van der Waals surface area contributed by atoms with Crippen LogP contribution in [0.2, 0.25) is 16.6 Å². The summed E-state index contributed by atoms with van der Waals surface area (Å²) in [5.74, 6) is -4.73. The molecule has 0 aliphatic carbocycles. The molecule has 0 unspecified atom stereocenters. The van der Waals surface area contributed by atoms with Crippen LogP contribution in [-0.4, -0.2) is 130 Å². The van der Waals surface area contributed by atoms with Crippen molar-refractivity contribution < 1.29 is 85.1 Å². The molecule has 3 heterocycles. The Morgan fingerprint density at radius 3 is 1.52 bits per heavy atom. The van der Waals surface area contributed by atoms with Crippen LogP contribution in [0.4, 0.5) is 0 Å². The predicted molar refractivity (Wildman–Crippen MR) is 210 cm³/mol. The largest absolute Gasteiger partial charge is 0.463 e. The molecule has 10 atom stereocenters. The van der Waals surface area contributed by atoms with Crippen LogP contribution in [-0.2, 0) is 94.2 Å². The fourth-order valence-electron chi connectivity index (χ4n) is 8.21. The van der Waals surface area contributed by atoms with E-state index >= 15 is 0 Å². The molecule has 2 saturated heterocycles. The van der Waals surface area contributed by atoms with Crippen molar-refractivity contribution in [2.24, 2.45) is 7.05 Å². The first-order valence-corrected chi connectivity index (χ1v) is 22.4. The first-order chi connectivity index (χ1) is 28.1. The Morgan fingerprint density at radius 2 is 1.07 bits per heavy atom. The quantitative estimate of drug-likeness (QED) is 0.0606. The number of carbonyl (C=O) groups is 6. The minimum Gasteiger partial charge on any atom is -0.463 e. The highest BCUT2D eigenvalue weighted by molar-refractivity contribution is 6.77. The van der Waals surface area contributed by atoms with E-state index in [0.29, 0.717) is 13.0 Å². The summed E-state index contributed by atoms with van der Waals surface area (Å²) in [6.07, 6.45) is -8.30. The molecule has 0 amide bonds. The van der Waals surface area contributed by atoms with Crippen molar-refractivity contribution >= 4 is 44.1 Å². The van der Waals surface area contributed by atoms with Gasteiger partial charge in [-0.3, -0.25) is 28.8 Å². The summed E-state index contributed by atoms with van der Waals surface area (Å²) in [5, 5.41) is 0. The third kappa shape index (κ3) is 13.8. The van der Waals surface area contributed by atoms with E-state index in [2.05, 4.69) is 41.5 Å². The molecule has 0 saturated carbocycles. The number of rotatable bonds is 20. The zero-order valence-electron chi connectivity index (χ0n) is 37.1. The molecule has 0 spiro atoms. The Hall–Kier alpha value is -3.95. The number of esters is 6. The number of hydrogen-bond donors (Lipinski definition) is 0. The Bertz CT molecular complexity index is 1600. The first-order valence-electron chi connectivity index (χ1n) is 20.3. The van der Waals surface area contributed by atoms with Gasteiger partial charge in [-0.15, -0.1) is 0 Å². The monoisotopic (exact) mass is 873 g/mol. The number of carbonyl (C=O) groups excluding carboxylic acids is 6. The molecule has 3 rings (SSSR count). The van der Waals surface area contributed by atoms with Gasteiger partial charge in [-0.2, -0.15) is 0 Å². The highest BCUT2D eigenvalue weighted by atomic mass is 28.4. The van der Waals surface area contributed by atoms with Gasteiger partial charge in [-0.1, -0.05) is 41.5 Å². The fourth-order valence-corrected chi connectivity index (χ4v) is 13.7. The van der Waals surface area contributed by atoms with Crippen LogP contribution in [0.1, 0.15) is 89.5 Å². The SMILES string of the molecule is CC(=O)OC[C@H]1O[C@@H](O[C@H]2[C@H](OCCCn3cc[n+](C)c3)O[C@H](CO[Si](C(C)C)(C(C)C)C(C)C)[C@H](OC(C)=O)[C@@H]2OC(C)=O)[C@H](OC(C)=O)[C@@H](OC(C)=O)[C@H]1OC(C)=O. The summed E-state index contributed by atoms with van der Waals surface area (Å²) in [6.45, 7) is 19.6. The number of imidazole rings is 1. The van der Waals surface area contributed by atoms with Crippen molar-refractivity contribution in [3.63, 3.8) is 0 Å². The summed E-state index contributed by atoms with van der Waals surface area (Å²) in [5.41, 5.74) is 0.538. The van der Waals surface area contributed by atoms with E-state index < -0.39 is 112 Å². The maximum absolute atomic E-state index is 12.9. The first kappa shape index (κ1) is 50.4. The maximum Gasteiger partial charge on any atom is 0.303 e. The van der Waals surface area contributed by atoms with Crippen molar-refractivity contribution in [2.75, 3.05) is 19.8 Å². The van der Waals surface area contributed by atoms with E-state index in [1.54, 1.807) is 0 Å². The molecule has 0 bridgehead atoms. The molecule has 20 heteroatoms. The molecule has 2 aliphatic rings. The van der Waals surface area contributed by atoms with Gasteiger partial charge in [0.1, 0.15) is 31.2 Å². The Morgan fingerprint density at radius 1 is 0.617 bits per heavy atom. The van der Waals surface area contributed by atoms with Crippen molar-refractivity contribution in [3.05, 3.63) is 18.7 Å². The van der Waals surface area contributed by atoms with Crippen molar-refractivity contribution in [1.29, 1.82) is 0 Å². The zero-order valence-corrected chi connectivity index (χ0v) is 38.1. The van der Waals surface area contributed by atoms with Gasteiger partial charge < -0.3 is 51.8 Å². The van der Waals surface area contributed by atoms with Gasteiger partial charge in [-0.25, -0.2) is 9.13 Å². The molecule has 0 N–H and O–H groups in total. The van der Waals surface area contributed by atoms with E-state index in [-0.39, 0.29) is 29.8 Å². The van der Waals surface area contributed by atoms with Crippen LogP contribution < -0.4 is 4.57 Å². The van der Waals surface area contributed by atoms with E-state index in [0.717, 1.165) is 27.7 Å². The zero-order chi connectivity index (χ0) is 45.1. The Labute approximate surface area is 352 Å². The summed E-state index contributed by atoms with van der Waals surface area (Å²) in [7, 11) is -0.657. The number of aromatic nitrogens is 2. The highest BCUT2D eigenvalue weighted by Gasteiger charge is 2.58. The molecular weight excluding hydrogens is 809 g/mol. The molecular formula is C40H65N2O17Si+. The number of nitrogens with zero attached hydrogens (tertiary/aromatic N) is 2. The van der Waals surface area contributed by atoms with Crippen molar-refractivity contribution in [1.82, 2.24) is 4.57 Å². The van der Waals surface area contributed by atoms with Crippen molar-refractivity contribution in [2.45, 2.75) is 174 Å². The van der Waals surface area contributed by atoms with Gasteiger partial charge in [0.05, 0.1) is 26.8 Å². The lowest BCUT2D eigenvalue weighted by molar-refractivity contribution is -0.671. The molecule has 1 aromatic heterocycles. The van der Waals surface area contributed by atoms with E-state index in [9.17, 15) is 28.8 Å². The maximum atomic E-state index is 12.9. The van der Waals surface area contributed by atoms with E-state index in [4.69, 9.17) is 51.8 Å². The third-order valence-electron chi connectivity index (χ3n) is 10.3. The standard InChI is InChI=1S/C40H65N2O17Si/c1-22(2)60(23(3)4,24(5)6)51-20-32-34(53-27(9)45)35(54-28(10)46)37(39(57-32)49-18-14-15-42-17-16-41(13)21-42)59-40-38(56-30(12)48)36(55-29(11)47)33(52-26(8)44)31(58-40)19-50-25(7)43/h16-17,21-24,31-40H,14-15,18-20H2,1-13H3/q+1/t31-,32-,33+,34+,35+,36+,37-,38-,39-,40+/m1/s1. The second-order valence-corrected chi connectivity index (χ2v) is 21.5. The average Bonchev–Trinajstić information content (AvgIpc) is 3.54. The van der Waals surface area contributed by atoms with Gasteiger partial charge in [0.15, 0.2) is 57.5 Å². The lowest BCUT2D eigenvalue weighted by Crippen LogP contribution is -2.67. The van der Waals surface area contributed by atoms with Gasteiger partial charge >= 0.3 is 35.8 Å². The Balaban J connectivity index is 2.19. The average molecular weight is 874 g/mol. The van der Waals surface area contributed by atoms with Crippen LogP contribution in [0.5, 0.6) is 0 Å². The second kappa shape index (κ2) is 22.8. The molecule has 60 heavy (non-hydrogen) atoms. The van der Waals surface area contributed by atoms with Crippen LogP contribution in [0.3, 0.4) is 0 Å². The van der Waals surface area contributed by atoms with Crippen LogP contribution in [0, 0.1) is 0 Å². The van der Waals surface area contributed by atoms with Crippen LogP contribution >= 0.6 is 0 Å². The molecule has 0 aromatic carbocycles. The summed E-state index contributed by atoms with van der Waals surface area (Å²) >= 11 is 0. The highest BCUT2D eigenvalue weighted by Crippen LogP contribution is 2.43. The van der Waals surface area contributed by atoms with Crippen LogP contribution in [0.25, 0.3) is 0 Å². The topological polar surface area (TPSA) is 213 Å². The molecule has 2 aliphatic heterocycles. The number of aryl methyl sites for hydroxylation is 2. The van der Waals surface area contributed by atoms with Gasteiger partial charge in [0.25, 0.3) is 0 Å². The van der Waals surface area contributed by atoms with Gasteiger partial charge in [-0.05, 0) is 16.6 Å². The van der Waals surface area contributed by atoms with Crippen molar-refractivity contribution in [3.8, 4) is 0 Å². The molecule has 1 aromatic rings. The smallest absolute Gasteiger partial charge is 0.303 e. The van der Waals surface area contributed by atoms with Gasteiger partial charge in [0.2, 0.25) is 6.33 Å². The third-order valence-corrected chi connectivity index (χ3v) is 16.4. The fraction of sp³-hybridized carbons (Fsp3) is 0.775. The molecule has 340 valence electrons. The minimum absolute atomic E-state index is 0.0675. The second-order valence-electron chi connectivity index (χ2n) is 16.0. The molecule has 0 radical (unpaired) electrons. The van der Waals surface area contributed by atoms with Crippen LogP contribution in [0.15, 0.2) is 18.7 Å². The summed E-state index contributed by atoms with van der Waals surface area (Å²) < 4.78 is 70.4. The molecule has 2 fully saturated rings. The van der Waals surface area contributed by atoms with E-state index in [1.165, 1.54) is 13.8 Å². The minimum atomic E-state index is -2.55.